The predicted molar refractivity (Wildman–Crippen MR) is 148 cm³/mol. The minimum Gasteiger partial charge on any atom is -1.00 e. The van der Waals surface area contributed by atoms with Crippen LogP contribution in [0.25, 0.3) is 0 Å². The molecule has 0 atom stereocenters. The number of rotatable bonds is 15. The lowest BCUT2D eigenvalue weighted by Crippen LogP contribution is -3.00. The van der Waals surface area contributed by atoms with Gasteiger partial charge in [0.2, 0.25) is 0 Å². The minimum atomic E-state index is 0. The van der Waals surface area contributed by atoms with Crippen molar-refractivity contribution in [1.29, 1.82) is 0 Å². The van der Waals surface area contributed by atoms with E-state index in [0.29, 0.717) is 0 Å². The second-order valence-corrected chi connectivity index (χ2v) is 9.08. The second-order valence-electron chi connectivity index (χ2n) is 9.08. The Labute approximate surface area is 224 Å². The van der Waals surface area contributed by atoms with Gasteiger partial charge >= 0.3 is 0 Å². The molecule has 0 fully saturated rings. The van der Waals surface area contributed by atoms with Crippen LogP contribution in [0.3, 0.4) is 0 Å². The third-order valence-corrected chi connectivity index (χ3v) is 5.11. The third kappa shape index (κ3) is 33.0. The van der Waals surface area contributed by atoms with Crippen molar-refractivity contribution in [2.24, 2.45) is 0 Å². The number of hydrogen-bond donors (Lipinski definition) is 0. The van der Waals surface area contributed by atoms with E-state index in [4.69, 9.17) is 0 Å². The first-order chi connectivity index (χ1) is 15.7. The summed E-state index contributed by atoms with van der Waals surface area (Å²) in [5.41, 5.74) is 0. The number of pyridine rings is 2. The number of nitrogens with zero attached hydrogens (tertiary/aromatic N) is 3. The number of halogens is 2. The molecule has 0 radical (unpaired) electrons. The van der Waals surface area contributed by atoms with Crippen molar-refractivity contribution in [2.45, 2.75) is 103 Å². The Morgan fingerprint density at radius 3 is 1.24 bits per heavy atom. The Morgan fingerprint density at radius 2 is 0.912 bits per heavy atom. The van der Waals surface area contributed by atoms with E-state index >= 15 is 0 Å². The largest absolute Gasteiger partial charge is 1.00 e. The molecular formula is C29H53Cl2N3. The predicted octanol–water partition coefficient (Wildman–Crippen LogP) is 5.14. The molecule has 2 heterocycles. The van der Waals surface area contributed by atoms with Gasteiger partial charge in [-0.3, -0.25) is 4.98 Å². The highest BCUT2D eigenvalue weighted by molar-refractivity contribution is 5.85. The van der Waals surface area contributed by atoms with E-state index in [1.807, 2.05) is 44.2 Å². The Kier molecular flexibility index (Phi) is 35.0. The van der Waals surface area contributed by atoms with Crippen LogP contribution in [0.5, 0.6) is 0 Å². The first-order valence-corrected chi connectivity index (χ1v) is 13.1. The van der Waals surface area contributed by atoms with Gasteiger partial charge in [0.05, 0.1) is 0 Å². The Morgan fingerprint density at radius 1 is 0.559 bits per heavy atom. The van der Waals surface area contributed by atoms with Crippen molar-refractivity contribution in [3.63, 3.8) is 0 Å². The molecule has 0 bridgehead atoms. The summed E-state index contributed by atoms with van der Waals surface area (Å²) in [6.07, 6.45) is 27.9. The third-order valence-electron chi connectivity index (χ3n) is 5.11. The van der Waals surface area contributed by atoms with E-state index in [9.17, 15) is 0 Å². The maximum absolute atomic E-state index is 3.78. The van der Waals surface area contributed by atoms with Crippen molar-refractivity contribution in [2.75, 3.05) is 21.1 Å². The maximum atomic E-state index is 3.78. The van der Waals surface area contributed by atoms with Gasteiger partial charge in [0, 0.05) is 30.9 Å². The number of aryl methyl sites for hydroxylation is 1. The number of aromatic nitrogens is 2. The van der Waals surface area contributed by atoms with E-state index in [1.54, 1.807) is 12.4 Å². The quantitative estimate of drug-likeness (QED) is 0.242. The van der Waals surface area contributed by atoms with Crippen LogP contribution in [-0.2, 0) is 6.54 Å². The van der Waals surface area contributed by atoms with Gasteiger partial charge in [-0.25, -0.2) is 4.57 Å². The molecule has 34 heavy (non-hydrogen) atoms. The summed E-state index contributed by atoms with van der Waals surface area (Å²) < 4.78 is 2.29. The molecule has 0 N–H and O–H groups in total. The summed E-state index contributed by atoms with van der Waals surface area (Å²) in [5, 5.41) is 0. The zero-order chi connectivity index (χ0) is 23.5. The molecule has 198 valence electrons. The summed E-state index contributed by atoms with van der Waals surface area (Å²) >= 11 is 0. The molecule has 5 heteroatoms. The highest BCUT2D eigenvalue weighted by Gasteiger charge is 1.98. The van der Waals surface area contributed by atoms with Gasteiger partial charge in [-0.05, 0) is 39.7 Å². The maximum Gasteiger partial charge on any atom is 0.168 e. The van der Waals surface area contributed by atoms with Crippen LogP contribution in [0.15, 0.2) is 61.2 Å². The molecule has 0 saturated carbocycles. The molecule has 2 rings (SSSR count). The average molecular weight is 515 g/mol. The molecule has 0 aliphatic heterocycles. The highest BCUT2D eigenvalue weighted by atomic mass is 35.5. The van der Waals surface area contributed by atoms with E-state index in [2.05, 4.69) is 47.1 Å². The molecule has 0 aromatic carbocycles. The smallest absolute Gasteiger partial charge is 0.168 e. The zero-order valence-electron chi connectivity index (χ0n) is 22.5. The summed E-state index contributed by atoms with van der Waals surface area (Å²) in [5.74, 6) is 0. The van der Waals surface area contributed by atoms with Crippen LogP contribution in [0.1, 0.15) is 96.8 Å². The lowest BCUT2D eigenvalue weighted by Gasteiger charge is -2.02. The lowest BCUT2D eigenvalue weighted by atomic mass is 10.0. The topological polar surface area (TPSA) is 20.0 Å². The lowest BCUT2D eigenvalue weighted by molar-refractivity contribution is -0.697. The Hall–Kier alpha value is -1.16. The van der Waals surface area contributed by atoms with E-state index in [0.717, 1.165) is 0 Å². The molecular weight excluding hydrogens is 461 g/mol. The van der Waals surface area contributed by atoms with E-state index in [-0.39, 0.29) is 24.8 Å². The summed E-state index contributed by atoms with van der Waals surface area (Å²) in [4.78, 5) is 5.78. The van der Waals surface area contributed by atoms with Gasteiger partial charge in [0.15, 0.2) is 12.4 Å². The molecule has 0 amide bonds. The molecule has 0 saturated heterocycles. The summed E-state index contributed by atoms with van der Waals surface area (Å²) in [7, 11) is 6.00. The Bertz CT molecular complexity index is 539. The van der Waals surface area contributed by atoms with Gasteiger partial charge in [-0.15, -0.1) is 12.4 Å². The normalized spacial score (nSPS) is 9.56. The number of unbranched alkanes of at least 4 members (excludes halogenated alkanes) is 13. The number of hydrogen-bond acceptors (Lipinski definition) is 2. The van der Waals surface area contributed by atoms with Crippen molar-refractivity contribution < 1.29 is 17.0 Å². The molecule has 2 aromatic heterocycles. The van der Waals surface area contributed by atoms with Gasteiger partial charge in [-0.2, -0.15) is 0 Å². The summed E-state index contributed by atoms with van der Waals surface area (Å²) in [6, 6.07) is 12.0. The fraction of sp³-hybridized carbons (Fsp3) is 0.655. The van der Waals surface area contributed by atoms with Crippen LogP contribution in [0.4, 0.5) is 0 Å². The zero-order valence-corrected chi connectivity index (χ0v) is 24.1. The monoisotopic (exact) mass is 513 g/mol. The standard InChI is InChI=1S/C21H38N.C5H5N.C3H9N.2ClH/c1-2-3-4-5-6-7-8-9-10-11-12-13-14-16-19-22-20-17-15-18-21-22;1-2-4-6-5-3-1;1-4(2)3;;/h15,17-18,20-21H,2-14,16,19H2,1H3;1-5H;1-3H3;2*1H/q+1;;;;/p-1. The molecule has 3 nitrogen and oxygen atoms in total. The van der Waals surface area contributed by atoms with Crippen LogP contribution < -0.4 is 17.0 Å². The van der Waals surface area contributed by atoms with E-state index < -0.39 is 0 Å². The van der Waals surface area contributed by atoms with Crippen LogP contribution in [0.2, 0.25) is 0 Å². The van der Waals surface area contributed by atoms with Gasteiger partial charge < -0.3 is 17.3 Å². The van der Waals surface area contributed by atoms with Crippen molar-refractivity contribution in [3.8, 4) is 0 Å². The second kappa shape index (κ2) is 31.8. The van der Waals surface area contributed by atoms with Gasteiger partial charge in [0.25, 0.3) is 0 Å². The molecule has 0 unspecified atom stereocenters. The van der Waals surface area contributed by atoms with Crippen molar-refractivity contribution in [3.05, 3.63) is 61.2 Å². The first kappa shape index (κ1) is 37.4. The van der Waals surface area contributed by atoms with E-state index in [1.165, 1.54) is 96.4 Å². The minimum absolute atomic E-state index is 0. The van der Waals surface area contributed by atoms with Crippen LogP contribution in [0, 0.1) is 0 Å². The first-order valence-electron chi connectivity index (χ1n) is 13.1. The molecule has 0 aliphatic rings. The molecule has 0 spiro atoms. The Balaban J connectivity index is -0.000000666. The fourth-order valence-electron chi connectivity index (χ4n) is 3.38. The molecule has 2 aromatic rings. The van der Waals surface area contributed by atoms with Crippen LogP contribution in [-0.4, -0.2) is 31.0 Å². The molecule has 0 aliphatic carbocycles. The summed E-state index contributed by atoms with van der Waals surface area (Å²) in [6.45, 7) is 3.47. The fourth-order valence-corrected chi connectivity index (χ4v) is 3.38. The van der Waals surface area contributed by atoms with Gasteiger partial charge in [0.1, 0.15) is 6.54 Å². The van der Waals surface area contributed by atoms with Crippen molar-refractivity contribution in [1.82, 2.24) is 9.88 Å². The van der Waals surface area contributed by atoms with Crippen molar-refractivity contribution >= 4 is 12.4 Å². The van der Waals surface area contributed by atoms with Crippen LogP contribution >= 0.6 is 12.4 Å². The average Bonchev–Trinajstić information content (AvgIpc) is 2.81. The van der Waals surface area contributed by atoms with Gasteiger partial charge in [-0.1, -0.05) is 96.1 Å². The SMILES string of the molecule is CCCCCCCCCCCCCCCC[n+]1ccccc1.CN(C)C.Cl.[Cl-].c1ccncc1. The highest BCUT2D eigenvalue weighted by Crippen LogP contribution is 2.12.